The van der Waals surface area contributed by atoms with Crippen molar-refractivity contribution in [1.82, 2.24) is 49.9 Å². The number of rotatable bonds is 17. The van der Waals surface area contributed by atoms with Crippen molar-refractivity contribution in [3.63, 3.8) is 0 Å². The molecule has 0 radical (unpaired) electrons. The third-order valence-electron chi connectivity index (χ3n) is 16.7. The number of aryl methyl sites for hydroxylation is 1. The van der Waals surface area contributed by atoms with Crippen LogP contribution in [0.5, 0.6) is 0 Å². The van der Waals surface area contributed by atoms with Crippen LogP contribution in [0, 0.1) is 29.9 Å². The zero-order chi connectivity index (χ0) is 58.3. The number of hydrogen-bond acceptors (Lipinski definition) is 14. The number of amides is 2. The molecule has 4 atom stereocenters. The molecule has 4 fully saturated rings. The summed E-state index contributed by atoms with van der Waals surface area (Å²) in [6.07, 6.45) is 5.77. The Hall–Kier alpha value is -7.02. The molecule has 18 nitrogen and oxygen atoms in total. The molecule has 8 heterocycles. The number of nitrogens with zero attached hydrogens (tertiary/aromatic N) is 9. The van der Waals surface area contributed by atoms with Crippen LogP contribution in [0.1, 0.15) is 91.2 Å². The fourth-order valence-electron chi connectivity index (χ4n) is 12.1. The summed E-state index contributed by atoms with van der Waals surface area (Å²) in [6, 6.07) is 18.6. The van der Waals surface area contributed by atoms with Crippen LogP contribution >= 0.6 is 11.3 Å². The standard InChI is InChI=1S/C60H69F3N12O6S2/c1-36-55(82-35-67-36)40-7-5-37(6-8-40)25-43-29-65-58(68-43)50-27-45(76)33-74(50)59(79)56(60(2,3)4)69-51(77)34-71-23-21-70(22-24-71)31-38-15-18-72(19-16-38)44-11-9-39(10-12-44)41-26-46-47(30-66-57(46)64-28-41)54(78)52-48(62)13-14-49(53(52)63)75(83(80)81)73-20-17-42(61)32-73/h5-14,26,28-30,35,38,42,45,50,56,76,83H,15-25,27,31-34H2,1-4H3,(H,64,66)(H,65,68)(H,69,77)/t42-,45-,50+,56-/m1/s1. The lowest BCUT2D eigenvalue weighted by Gasteiger charge is -2.39. The summed E-state index contributed by atoms with van der Waals surface area (Å²) < 4.78 is 70.6. The number of carbonyl (C=O) groups excluding carboxylic acids is 3. The number of carbonyl (C=O) groups is 3. The number of β-amino-alcohol motifs (C(OH)–C–C–N with tert-alkyl or cyclic N) is 1. The van der Waals surface area contributed by atoms with Crippen molar-refractivity contribution in [2.75, 3.05) is 81.3 Å². The maximum Gasteiger partial charge on any atom is 0.246 e. The van der Waals surface area contributed by atoms with E-state index in [1.807, 2.05) is 57.5 Å². The van der Waals surface area contributed by atoms with Gasteiger partial charge in [-0.05, 0) is 84.5 Å². The normalized spacial score (nSPS) is 20.0. The maximum absolute atomic E-state index is 16.1. The molecule has 2 amide bonds. The minimum absolute atomic E-state index is 0.000781. The van der Waals surface area contributed by atoms with E-state index in [2.05, 4.69) is 69.2 Å². The predicted octanol–water partition coefficient (Wildman–Crippen LogP) is 7.48. The van der Waals surface area contributed by atoms with Gasteiger partial charge in [-0.25, -0.2) is 41.5 Å². The molecule has 4 aliphatic rings. The van der Waals surface area contributed by atoms with Crippen molar-refractivity contribution in [2.45, 2.75) is 84.2 Å². The number of hydrogen-bond donors (Lipinski definition) is 5. The van der Waals surface area contributed by atoms with Crippen LogP contribution in [-0.2, 0) is 26.9 Å². The number of thiol groups is 1. The van der Waals surface area contributed by atoms with Crippen molar-refractivity contribution < 1.29 is 41.1 Å². The van der Waals surface area contributed by atoms with E-state index in [1.54, 1.807) is 34.7 Å². The summed E-state index contributed by atoms with van der Waals surface area (Å²) in [5.41, 5.74) is 6.72. The number of hydrazine groups is 1. The number of likely N-dealkylation sites (tertiary alicyclic amines) is 1. The van der Waals surface area contributed by atoms with E-state index in [0.29, 0.717) is 45.6 Å². The number of ketones is 1. The van der Waals surface area contributed by atoms with Gasteiger partial charge >= 0.3 is 0 Å². The summed E-state index contributed by atoms with van der Waals surface area (Å²) in [5.74, 6) is -2.87. The highest BCUT2D eigenvalue weighted by molar-refractivity contribution is 7.73. The molecule has 83 heavy (non-hydrogen) atoms. The van der Waals surface area contributed by atoms with Gasteiger partial charge < -0.3 is 35.1 Å². The molecule has 23 heteroatoms. The number of thiazole rings is 1. The van der Waals surface area contributed by atoms with E-state index >= 15 is 8.78 Å². The van der Waals surface area contributed by atoms with E-state index in [1.165, 1.54) is 6.20 Å². The number of piperidine rings is 1. The first kappa shape index (κ1) is 57.8. The quantitative estimate of drug-likeness (QED) is 0.0444. The van der Waals surface area contributed by atoms with Crippen molar-refractivity contribution in [3.8, 4) is 21.6 Å². The van der Waals surface area contributed by atoms with E-state index < -0.39 is 69.3 Å². The summed E-state index contributed by atoms with van der Waals surface area (Å²) in [4.78, 5) is 71.8. The summed E-state index contributed by atoms with van der Waals surface area (Å²) in [7, 11) is -3.49. The average Bonchev–Trinajstić information content (AvgIpc) is 4.27. The molecule has 4 aromatic heterocycles. The number of imidazole rings is 1. The van der Waals surface area contributed by atoms with Crippen molar-refractivity contribution in [1.29, 1.82) is 0 Å². The molecule has 0 unspecified atom stereocenters. The number of aromatic nitrogens is 5. The van der Waals surface area contributed by atoms with Gasteiger partial charge in [-0.15, -0.1) is 11.3 Å². The first-order valence-corrected chi connectivity index (χ1v) is 30.3. The Kier molecular flexibility index (Phi) is 16.9. The molecule has 3 aromatic carbocycles. The maximum atomic E-state index is 16.1. The van der Waals surface area contributed by atoms with Gasteiger partial charge in [-0.2, -0.15) is 4.41 Å². The number of aliphatic hydroxyl groups excluding tert-OH is 1. The second-order valence-corrected chi connectivity index (χ2v) is 25.2. The van der Waals surface area contributed by atoms with Crippen molar-refractivity contribution in [2.24, 2.45) is 11.3 Å². The summed E-state index contributed by atoms with van der Waals surface area (Å²) >= 11 is 1.62. The highest BCUT2D eigenvalue weighted by Gasteiger charge is 2.44. The minimum atomic E-state index is -3.49. The Morgan fingerprint density at radius 3 is 2.27 bits per heavy atom. The fraction of sp³-hybridized carbons (Fsp3) is 0.433. The van der Waals surface area contributed by atoms with Gasteiger partial charge in [0.05, 0.1) is 46.9 Å². The van der Waals surface area contributed by atoms with Crippen LogP contribution in [0.25, 0.3) is 32.6 Å². The van der Waals surface area contributed by atoms with E-state index in [4.69, 9.17) is 0 Å². The average molecular weight is 1180 g/mol. The predicted molar refractivity (Wildman–Crippen MR) is 313 cm³/mol. The van der Waals surface area contributed by atoms with Gasteiger partial charge in [-0.1, -0.05) is 57.2 Å². The number of anilines is 2. The molecular formula is C60H69F3N12O6S2. The molecule has 438 valence electrons. The molecule has 4 aliphatic heterocycles. The second-order valence-electron chi connectivity index (χ2n) is 23.5. The van der Waals surface area contributed by atoms with Crippen LogP contribution in [0.15, 0.2) is 90.8 Å². The van der Waals surface area contributed by atoms with Crippen molar-refractivity contribution >= 4 is 62.2 Å². The van der Waals surface area contributed by atoms with Gasteiger partial charge in [0, 0.05) is 118 Å². The number of pyridine rings is 1. The van der Waals surface area contributed by atoms with Crippen LogP contribution in [0.3, 0.4) is 0 Å². The second kappa shape index (κ2) is 24.3. The molecule has 0 aliphatic carbocycles. The lowest BCUT2D eigenvalue weighted by molar-refractivity contribution is -0.141. The molecule has 0 spiro atoms. The number of H-pyrrole nitrogens is 2. The summed E-state index contributed by atoms with van der Waals surface area (Å²) in [6.45, 7) is 13.7. The fourth-order valence-corrected chi connectivity index (χ4v) is 13.6. The molecular weight excluding hydrogens is 1110 g/mol. The monoisotopic (exact) mass is 1170 g/mol. The third kappa shape index (κ3) is 12.6. The number of halogens is 3. The number of alkyl halides is 1. The number of aliphatic hydroxyl groups is 1. The van der Waals surface area contributed by atoms with Crippen LogP contribution in [-0.4, -0.2) is 166 Å². The first-order valence-electron chi connectivity index (χ1n) is 28.3. The lowest BCUT2D eigenvalue weighted by Crippen LogP contribution is -2.57. The topological polar surface area (TPSA) is 207 Å². The number of fused-ring (bicyclic) bond motifs is 1. The highest BCUT2D eigenvalue weighted by Crippen LogP contribution is 2.37. The Bertz CT molecular complexity index is 3560. The Balaban J connectivity index is 0.646. The lowest BCUT2D eigenvalue weighted by atomic mass is 9.85. The molecule has 7 aromatic rings. The van der Waals surface area contributed by atoms with Crippen LogP contribution < -0.4 is 14.6 Å². The molecule has 4 N–H and O–H groups in total. The van der Waals surface area contributed by atoms with Gasteiger partial charge in [0.25, 0.3) is 0 Å². The molecule has 4 saturated heterocycles. The highest BCUT2D eigenvalue weighted by atomic mass is 32.2. The SMILES string of the molecule is Cc1ncsc1-c1ccc(Cc2cnc([C@@H]3C[C@@H](O)CN3C(=O)[C@@H](NC(=O)CN3CCN(CC4CCN(c5ccc(-c6cnc7[nH]cc(C(=O)c8c(F)ccc(N(N9CC[C@@H](F)C9)[SH](=O)=O)c8F)c7c6)cc5)CC4)CC3)C(C)(C)C)[nH]2)cc1. The smallest absolute Gasteiger partial charge is 0.246 e. The minimum Gasteiger partial charge on any atom is -0.391 e. The number of aromatic amines is 2. The largest absolute Gasteiger partial charge is 0.391 e. The first-order chi connectivity index (χ1) is 39.8. The van der Waals surface area contributed by atoms with Gasteiger partial charge in [0.2, 0.25) is 28.5 Å². The Labute approximate surface area is 485 Å². The number of piperazine rings is 1. The van der Waals surface area contributed by atoms with Crippen LogP contribution in [0.4, 0.5) is 24.5 Å². The number of nitrogens with one attached hydrogen (secondary N) is 3. The van der Waals surface area contributed by atoms with E-state index in [-0.39, 0.29) is 50.0 Å². The number of benzene rings is 3. The summed E-state index contributed by atoms with van der Waals surface area (Å²) in [5, 5.41) is 15.4. The van der Waals surface area contributed by atoms with E-state index in [9.17, 15) is 32.3 Å². The van der Waals surface area contributed by atoms with Gasteiger partial charge in [0.15, 0.2) is 5.82 Å². The zero-order valence-electron chi connectivity index (χ0n) is 46.9. The van der Waals surface area contributed by atoms with E-state index in [0.717, 1.165) is 114 Å². The Morgan fingerprint density at radius 1 is 0.867 bits per heavy atom. The van der Waals surface area contributed by atoms with Gasteiger partial charge in [-0.3, -0.25) is 19.3 Å². The van der Waals surface area contributed by atoms with Crippen molar-refractivity contribution in [3.05, 3.63) is 136 Å². The molecule has 0 bridgehead atoms. The van der Waals surface area contributed by atoms with Gasteiger partial charge in [0.1, 0.15) is 35.2 Å². The van der Waals surface area contributed by atoms with Crippen LogP contribution in [0.2, 0.25) is 0 Å². The third-order valence-corrected chi connectivity index (χ3v) is 18.4. The molecule has 11 rings (SSSR count). The Morgan fingerprint density at radius 2 is 1.59 bits per heavy atom. The molecule has 0 saturated carbocycles. The zero-order valence-corrected chi connectivity index (χ0v) is 48.6.